The highest BCUT2D eigenvalue weighted by Crippen LogP contribution is 2.31. The van der Waals surface area contributed by atoms with Crippen LogP contribution in [-0.2, 0) is 15.7 Å². The van der Waals surface area contributed by atoms with Crippen LogP contribution in [0.25, 0.3) is 11.2 Å². The van der Waals surface area contributed by atoms with Crippen LogP contribution < -0.4 is 5.56 Å². The molecule has 3 aromatic rings. The van der Waals surface area contributed by atoms with Gasteiger partial charge < -0.3 is 14.5 Å². The Morgan fingerprint density at radius 3 is 2.93 bits per heavy atom. The Bertz CT molecular complexity index is 1110. The van der Waals surface area contributed by atoms with E-state index in [2.05, 4.69) is 15.0 Å². The molecular formula is C18H15F3N4O4. The quantitative estimate of drug-likeness (QED) is 0.667. The van der Waals surface area contributed by atoms with Crippen molar-refractivity contribution < 1.29 is 27.4 Å². The maximum atomic E-state index is 12.8. The van der Waals surface area contributed by atoms with Gasteiger partial charge in [0.25, 0.3) is 5.56 Å². The second-order valence-corrected chi connectivity index (χ2v) is 6.52. The lowest BCUT2D eigenvalue weighted by molar-refractivity contribution is -0.137. The van der Waals surface area contributed by atoms with Gasteiger partial charge in [-0.2, -0.15) is 13.2 Å². The number of nitrogens with zero attached hydrogens (tertiary/aromatic N) is 3. The first kappa shape index (κ1) is 19.1. The molecule has 0 amide bonds. The third-order valence-electron chi connectivity index (χ3n) is 4.59. The van der Waals surface area contributed by atoms with Crippen molar-refractivity contribution in [1.29, 1.82) is 0 Å². The first-order chi connectivity index (χ1) is 13.8. The van der Waals surface area contributed by atoms with Crippen LogP contribution in [0.2, 0.25) is 0 Å². The fourth-order valence-corrected chi connectivity index (χ4v) is 3.19. The summed E-state index contributed by atoms with van der Waals surface area (Å²) >= 11 is 0. The highest BCUT2D eigenvalue weighted by Gasteiger charge is 2.32. The van der Waals surface area contributed by atoms with Crippen LogP contribution in [0, 0.1) is 0 Å². The van der Waals surface area contributed by atoms with E-state index in [0.29, 0.717) is 12.8 Å². The van der Waals surface area contributed by atoms with Gasteiger partial charge in [0.05, 0.1) is 29.9 Å². The van der Waals surface area contributed by atoms with Crippen LogP contribution >= 0.6 is 0 Å². The molecule has 0 aliphatic carbocycles. The van der Waals surface area contributed by atoms with Crippen molar-refractivity contribution in [2.75, 3.05) is 6.61 Å². The van der Waals surface area contributed by atoms with E-state index in [-0.39, 0.29) is 28.9 Å². The molecule has 1 saturated heterocycles. The second-order valence-electron chi connectivity index (χ2n) is 6.52. The van der Waals surface area contributed by atoms with Gasteiger partial charge in [-0.25, -0.2) is 14.8 Å². The molecule has 0 bridgehead atoms. The summed E-state index contributed by atoms with van der Waals surface area (Å²) in [6.45, 7) is -0.118. The van der Waals surface area contributed by atoms with E-state index in [0.717, 1.165) is 18.2 Å². The van der Waals surface area contributed by atoms with Crippen LogP contribution in [0.1, 0.15) is 35.0 Å². The molecule has 1 N–H and O–H groups in total. The van der Waals surface area contributed by atoms with Gasteiger partial charge in [-0.3, -0.25) is 9.36 Å². The minimum atomic E-state index is -4.54. The van der Waals surface area contributed by atoms with E-state index in [9.17, 15) is 22.8 Å². The maximum Gasteiger partial charge on any atom is 0.416 e. The average molecular weight is 408 g/mol. The molecule has 29 heavy (non-hydrogen) atoms. The van der Waals surface area contributed by atoms with Crippen molar-refractivity contribution in [3.63, 3.8) is 0 Å². The van der Waals surface area contributed by atoms with Gasteiger partial charge in [0.15, 0.2) is 11.2 Å². The Balaban J connectivity index is 1.40. The number of fused-ring (bicyclic) bond motifs is 1. The predicted octanol–water partition coefficient (Wildman–Crippen LogP) is 2.67. The molecule has 152 valence electrons. The van der Waals surface area contributed by atoms with Gasteiger partial charge in [-0.05, 0) is 31.0 Å². The molecule has 0 saturated carbocycles. The summed E-state index contributed by atoms with van der Waals surface area (Å²) in [7, 11) is 0. The molecule has 0 radical (unpaired) electrons. The number of rotatable bonds is 4. The van der Waals surface area contributed by atoms with E-state index in [1.54, 1.807) is 4.57 Å². The number of carbonyl (C=O) groups is 1. The zero-order valence-corrected chi connectivity index (χ0v) is 14.8. The number of alkyl halides is 3. The van der Waals surface area contributed by atoms with Crippen molar-refractivity contribution in [2.24, 2.45) is 0 Å². The molecule has 2 aromatic heterocycles. The van der Waals surface area contributed by atoms with Crippen LogP contribution in [0.4, 0.5) is 13.2 Å². The smallest absolute Gasteiger partial charge is 0.416 e. The van der Waals surface area contributed by atoms with Crippen molar-refractivity contribution >= 4 is 17.1 Å². The molecule has 1 aromatic carbocycles. The average Bonchev–Trinajstić information content (AvgIpc) is 3.33. The number of H-pyrrole nitrogens is 1. The van der Waals surface area contributed by atoms with Gasteiger partial charge >= 0.3 is 12.1 Å². The monoisotopic (exact) mass is 408 g/mol. The Kier molecular flexibility index (Phi) is 4.82. The van der Waals surface area contributed by atoms with Gasteiger partial charge in [0, 0.05) is 0 Å². The Morgan fingerprint density at radius 1 is 1.31 bits per heavy atom. The van der Waals surface area contributed by atoms with E-state index >= 15 is 0 Å². The summed E-state index contributed by atoms with van der Waals surface area (Å²) in [6, 6.07) is 4.04. The Labute approximate surface area is 161 Å². The highest BCUT2D eigenvalue weighted by atomic mass is 19.4. The number of imidazole rings is 1. The highest BCUT2D eigenvalue weighted by molar-refractivity contribution is 5.89. The van der Waals surface area contributed by atoms with Gasteiger partial charge in [0.2, 0.25) is 0 Å². The fourth-order valence-electron chi connectivity index (χ4n) is 3.19. The first-order valence-corrected chi connectivity index (χ1v) is 8.73. The third kappa shape index (κ3) is 3.86. The topological polar surface area (TPSA) is 99.1 Å². The normalized spacial score (nSPS) is 19.6. The summed E-state index contributed by atoms with van der Waals surface area (Å²) in [4.78, 5) is 34.6. The van der Waals surface area contributed by atoms with Crippen molar-refractivity contribution in [3.8, 4) is 0 Å². The minimum absolute atomic E-state index is 0.118. The number of halogens is 3. The lowest BCUT2D eigenvalue weighted by atomic mass is 10.1. The number of esters is 1. The zero-order valence-electron chi connectivity index (χ0n) is 14.8. The third-order valence-corrected chi connectivity index (χ3v) is 4.59. The number of hydrogen-bond donors (Lipinski definition) is 1. The number of carbonyl (C=O) groups excluding carboxylic acids is 1. The van der Waals surface area contributed by atoms with Crippen molar-refractivity contribution in [3.05, 3.63) is 58.4 Å². The van der Waals surface area contributed by atoms with Crippen molar-refractivity contribution in [2.45, 2.75) is 31.3 Å². The fraction of sp³-hybridized carbons (Fsp3) is 0.333. The van der Waals surface area contributed by atoms with Gasteiger partial charge in [-0.15, -0.1) is 0 Å². The minimum Gasteiger partial charge on any atom is -0.459 e. The predicted molar refractivity (Wildman–Crippen MR) is 93.0 cm³/mol. The SMILES string of the molecule is O=C(OC[C@@H]1CC[C@H](n2cnc3nc[nH]c(=O)c32)O1)c1cccc(C(F)(F)F)c1. The molecule has 2 atom stereocenters. The zero-order chi connectivity index (χ0) is 20.6. The summed E-state index contributed by atoms with van der Waals surface area (Å²) in [5, 5.41) is 0. The molecule has 11 heteroatoms. The molecule has 4 rings (SSSR count). The van der Waals surface area contributed by atoms with Crippen LogP contribution in [0.5, 0.6) is 0 Å². The number of aromatic amines is 1. The molecule has 3 heterocycles. The number of ether oxygens (including phenoxy) is 2. The number of nitrogens with one attached hydrogen (secondary N) is 1. The number of benzene rings is 1. The maximum absolute atomic E-state index is 12.8. The molecule has 0 spiro atoms. The summed E-state index contributed by atoms with van der Waals surface area (Å²) < 4.78 is 50.8. The van der Waals surface area contributed by atoms with E-state index < -0.39 is 30.0 Å². The van der Waals surface area contributed by atoms with Crippen LogP contribution in [0.3, 0.4) is 0 Å². The van der Waals surface area contributed by atoms with Crippen LogP contribution in [0.15, 0.2) is 41.7 Å². The molecule has 8 nitrogen and oxygen atoms in total. The summed E-state index contributed by atoms with van der Waals surface area (Å²) in [5.41, 5.74) is -0.894. The van der Waals surface area contributed by atoms with Gasteiger partial charge in [0.1, 0.15) is 12.8 Å². The molecule has 1 aliphatic heterocycles. The summed E-state index contributed by atoms with van der Waals surface area (Å²) in [6.07, 6.45) is -1.68. The van der Waals surface area contributed by atoms with E-state index in [1.165, 1.54) is 18.7 Å². The largest absolute Gasteiger partial charge is 0.459 e. The number of hydrogen-bond acceptors (Lipinski definition) is 6. The lowest BCUT2D eigenvalue weighted by Crippen LogP contribution is -2.20. The van der Waals surface area contributed by atoms with E-state index in [4.69, 9.17) is 9.47 Å². The standard InChI is InChI=1S/C18H15F3N4O4/c19-18(20,21)11-3-1-2-10(6-11)17(27)28-7-12-4-5-13(29-12)25-9-24-15-14(25)16(26)23-8-22-15/h1-3,6,8-9,12-13H,4-5,7H2,(H,22,23,26)/t12-,13+/m0/s1. The first-order valence-electron chi connectivity index (χ1n) is 8.73. The molecular weight excluding hydrogens is 393 g/mol. The summed E-state index contributed by atoms with van der Waals surface area (Å²) in [5.74, 6) is -0.864. The van der Waals surface area contributed by atoms with Crippen LogP contribution in [-0.4, -0.2) is 38.2 Å². The van der Waals surface area contributed by atoms with E-state index in [1.807, 2.05) is 0 Å². The Morgan fingerprint density at radius 2 is 2.14 bits per heavy atom. The van der Waals surface area contributed by atoms with Gasteiger partial charge in [-0.1, -0.05) is 6.07 Å². The second kappa shape index (κ2) is 7.32. The molecule has 1 fully saturated rings. The number of aromatic nitrogens is 4. The Hall–Kier alpha value is -3.21. The molecule has 1 aliphatic rings. The van der Waals surface area contributed by atoms with Crippen molar-refractivity contribution in [1.82, 2.24) is 19.5 Å². The lowest BCUT2D eigenvalue weighted by Gasteiger charge is -2.15. The molecule has 0 unspecified atom stereocenters.